The summed E-state index contributed by atoms with van der Waals surface area (Å²) in [5.74, 6) is 1.73. The minimum Gasteiger partial charge on any atom is -0.378 e. The number of aromatic amines is 1. The fourth-order valence-electron chi connectivity index (χ4n) is 4.14. The Balaban J connectivity index is 1.38. The number of carbonyl (C=O) groups is 1. The Hall–Kier alpha value is -4.10. The molecule has 0 amide bonds. The number of fused-ring (bicyclic) bond motifs is 1. The molecule has 0 bridgehead atoms. The van der Waals surface area contributed by atoms with Gasteiger partial charge in [0.2, 0.25) is 0 Å². The quantitative estimate of drug-likeness (QED) is 0.278. The van der Waals surface area contributed by atoms with Crippen molar-refractivity contribution in [2.75, 3.05) is 6.54 Å². The third kappa shape index (κ3) is 4.65. The van der Waals surface area contributed by atoms with E-state index in [2.05, 4.69) is 68.3 Å². The summed E-state index contributed by atoms with van der Waals surface area (Å²) in [4.78, 5) is 19.7. The lowest BCUT2D eigenvalue weighted by Crippen LogP contribution is -2.21. The Morgan fingerprint density at radius 3 is 2.59 bits per heavy atom. The minimum absolute atomic E-state index is 0.390. The van der Waals surface area contributed by atoms with E-state index >= 15 is 0 Å². The fraction of sp³-hybridized carbons (Fsp3) is 0.185. The number of nitrogens with one attached hydrogen (secondary N) is 3. The maximum absolute atomic E-state index is 11.6. The molecule has 0 saturated carbocycles. The molecule has 170 valence electrons. The van der Waals surface area contributed by atoms with Gasteiger partial charge in [0, 0.05) is 36.2 Å². The largest absolute Gasteiger partial charge is 0.378 e. The molecule has 4 aromatic rings. The van der Waals surface area contributed by atoms with Gasteiger partial charge < -0.3 is 20.4 Å². The van der Waals surface area contributed by atoms with Crippen LogP contribution in [-0.2, 0) is 17.8 Å². The molecular weight excluding hydrogens is 424 g/mol. The van der Waals surface area contributed by atoms with Gasteiger partial charge in [-0.1, -0.05) is 54.6 Å². The molecule has 3 N–H and O–H groups in total. The number of aryl methyl sites for hydroxylation is 1. The first-order valence-electron chi connectivity index (χ1n) is 11.4. The molecule has 3 heterocycles. The number of nitrogens with zero attached hydrogens (tertiary/aromatic N) is 3. The van der Waals surface area contributed by atoms with Crippen LogP contribution in [-0.4, -0.2) is 33.0 Å². The lowest BCUT2D eigenvalue weighted by Gasteiger charge is -2.21. The highest BCUT2D eigenvalue weighted by atomic mass is 16.1. The Morgan fingerprint density at radius 1 is 1.03 bits per heavy atom. The third-order valence-corrected chi connectivity index (χ3v) is 5.90. The van der Waals surface area contributed by atoms with Crippen LogP contribution >= 0.6 is 0 Å². The van der Waals surface area contributed by atoms with Gasteiger partial charge in [-0.15, -0.1) is 10.2 Å². The molecule has 1 unspecified atom stereocenters. The van der Waals surface area contributed by atoms with Crippen molar-refractivity contribution in [1.82, 2.24) is 30.8 Å². The molecule has 34 heavy (non-hydrogen) atoms. The lowest BCUT2D eigenvalue weighted by atomic mass is 9.93. The zero-order chi connectivity index (χ0) is 23.3. The molecule has 0 saturated heterocycles. The van der Waals surface area contributed by atoms with Gasteiger partial charge in [-0.25, -0.2) is 4.98 Å². The molecule has 1 aliphatic rings. The maximum Gasteiger partial charge on any atom is 0.146 e. The van der Waals surface area contributed by atoms with Crippen LogP contribution in [0.3, 0.4) is 0 Å². The highest BCUT2D eigenvalue weighted by molar-refractivity contribution is 5.84. The average Bonchev–Trinajstić information content (AvgIpc) is 3.31. The number of aromatic nitrogens is 4. The van der Waals surface area contributed by atoms with Gasteiger partial charge in [-0.3, -0.25) is 0 Å². The van der Waals surface area contributed by atoms with Gasteiger partial charge >= 0.3 is 0 Å². The van der Waals surface area contributed by atoms with Gasteiger partial charge in [0.15, 0.2) is 0 Å². The zero-order valence-electron chi connectivity index (χ0n) is 19.0. The molecule has 1 atom stereocenters. The monoisotopic (exact) mass is 450 g/mol. The SMILES string of the molecule is Cc1nnc(CCNCc2ccc(-c3nc4c(cc3-c3ccccc3)C(C=O)NC=C4)cc2)[nH]1. The van der Waals surface area contributed by atoms with Crippen LogP contribution in [0.5, 0.6) is 0 Å². The Labute approximate surface area is 198 Å². The molecule has 2 aromatic heterocycles. The van der Waals surface area contributed by atoms with Crippen molar-refractivity contribution in [2.45, 2.75) is 25.9 Å². The molecule has 1 aliphatic heterocycles. The molecule has 7 nitrogen and oxygen atoms in total. The number of aldehydes is 1. The number of hydrogen-bond acceptors (Lipinski definition) is 6. The lowest BCUT2D eigenvalue weighted by molar-refractivity contribution is -0.109. The van der Waals surface area contributed by atoms with Crippen LogP contribution in [0.4, 0.5) is 0 Å². The number of benzene rings is 2. The number of hydrogen-bond donors (Lipinski definition) is 3. The average molecular weight is 451 g/mol. The van der Waals surface area contributed by atoms with Crippen molar-refractivity contribution >= 4 is 12.4 Å². The number of H-pyrrole nitrogens is 1. The van der Waals surface area contributed by atoms with Crippen molar-refractivity contribution in [3.8, 4) is 22.4 Å². The number of pyridine rings is 1. The molecule has 0 fully saturated rings. The highest BCUT2D eigenvalue weighted by Crippen LogP contribution is 2.35. The van der Waals surface area contributed by atoms with E-state index in [9.17, 15) is 4.79 Å². The van der Waals surface area contributed by atoms with E-state index in [4.69, 9.17) is 4.98 Å². The van der Waals surface area contributed by atoms with Crippen LogP contribution in [0.25, 0.3) is 28.5 Å². The summed E-state index contributed by atoms with van der Waals surface area (Å²) in [7, 11) is 0. The molecule has 0 radical (unpaired) electrons. The van der Waals surface area contributed by atoms with Crippen LogP contribution in [0.15, 0.2) is 66.9 Å². The molecule has 0 aliphatic carbocycles. The van der Waals surface area contributed by atoms with Gasteiger partial charge in [-0.2, -0.15) is 0 Å². The molecular formula is C27H26N6O. The van der Waals surface area contributed by atoms with Gasteiger partial charge in [0.25, 0.3) is 0 Å². The van der Waals surface area contributed by atoms with E-state index in [1.807, 2.05) is 31.2 Å². The fourth-order valence-corrected chi connectivity index (χ4v) is 4.14. The van der Waals surface area contributed by atoms with E-state index in [0.29, 0.717) is 0 Å². The summed E-state index contributed by atoms with van der Waals surface area (Å²) >= 11 is 0. The topological polar surface area (TPSA) is 95.6 Å². The predicted molar refractivity (Wildman–Crippen MR) is 133 cm³/mol. The smallest absolute Gasteiger partial charge is 0.146 e. The van der Waals surface area contributed by atoms with E-state index < -0.39 is 6.04 Å². The van der Waals surface area contributed by atoms with E-state index in [1.165, 1.54) is 5.56 Å². The summed E-state index contributed by atoms with van der Waals surface area (Å²) in [6, 6.07) is 20.4. The molecule has 7 heteroatoms. The highest BCUT2D eigenvalue weighted by Gasteiger charge is 2.21. The predicted octanol–water partition coefficient (Wildman–Crippen LogP) is 3.99. The Kier molecular flexibility index (Phi) is 6.27. The number of carbonyl (C=O) groups excluding carboxylic acids is 1. The van der Waals surface area contributed by atoms with Gasteiger partial charge in [-0.05, 0) is 36.4 Å². The van der Waals surface area contributed by atoms with Crippen molar-refractivity contribution in [3.05, 3.63) is 95.3 Å². The zero-order valence-corrected chi connectivity index (χ0v) is 19.0. The van der Waals surface area contributed by atoms with Crippen LogP contribution < -0.4 is 10.6 Å². The minimum atomic E-state index is -0.390. The first-order chi connectivity index (χ1) is 16.7. The second-order valence-electron chi connectivity index (χ2n) is 8.32. The number of rotatable bonds is 8. The standard InChI is InChI=1S/C27H26N6O/c1-18-30-26(33-32-18)12-13-28-16-19-7-9-21(10-8-19)27-22(20-5-3-2-4-6-20)15-23-24(31-27)11-14-29-25(23)17-34/h2-11,14-15,17,25,28-29H,12-13,16H2,1H3,(H,30,32,33). The Morgan fingerprint density at radius 2 is 1.85 bits per heavy atom. The second-order valence-corrected chi connectivity index (χ2v) is 8.32. The Bertz CT molecular complexity index is 1310. The molecule has 0 spiro atoms. The van der Waals surface area contributed by atoms with E-state index in [0.717, 1.165) is 71.1 Å². The van der Waals surface area contributed by atoms with Gasteiger partial charge in [0.1, 0.15) is 24.0 Å². The molecule has 5 rings (SSSR count). The van der Waals surface area contributed by atoms with Crippen molar-refractivity contribution in [1.29, 1.82) is 0 Å². The first-order valence-corrected chi connectivity index (χ1v) is 11.4. The summed E-state index contributed by atoms with van der Waals surface area (Å²) in [6.07, 6.45) is 5.43. The van der Waals surface area contributed by atoms with Gasteiger partial charge in [0.05, 0.1) is 11.4 Å². The summed E-state index contributed by atoms with van der Waals surface area (Å²) < 4.78 is 0. The summed E-state index contributed by atoms with van der Waals surface area (Å²) in [5, 5.41) is 14.6. The normalized spacial score (nSPS) is 14.4. The van der Waals surface area contributed by atoms with Crippen molar-refractivity contribution in [3.63, 3.8) is 0 Å². The first kappa shape index (κ1) is 21.7. The van der Waals surface area contributed by atoms with E-state index in [1.54, 1.807) is 6.20 Å². The van der Waals surface area contributed by atoms with Crippen LogP contribution in [0.1, 0.15) is 34.5 Å². The summed E-state index contributed by atoms with van der Waals surface area (Å²) in [5.41, 5.74) is 6.93. The maximum atomic E-state index is 11.6. The van der Waals surface area contributed by atoms with Crippen molar-refractivity contribution in [2.24, 2.45) is 0 Å². The van der Waals surface area contributed by atoms with Crippen LogP contribution in [0, 0.1) is 6.92 Å². The van der Waals surface area contributed by atoms with Crippen molar-refractivity contribution < 1.29 is 4.79 Å². The third-order valence-electron chi connectivity index (χ3n) is 5.90. The van der Waals surface area contributed by atoms with E-state index in [-0.39, 0.29) is 0 Å². The van der Waals surface area contributed by atoms with Crippen LogP contribution in [0.2, 0.25) is 0 Å². The molecule has 2 aromatic carbocycles. The summed E-state index contributed by atoms with van der Waals surface area (Å²) in [6.45, 7) is 3.49. The second kappa shape index (κ2) is 9.80.